The summed E-state index contributed by atoms with van der Waals surface area (Å²) >= 11 is 1.82. The molecule has 4 aromatic rings. The molecule has 0 saturated heterocycles. The molecule has 2 aromatic carbocycles. The Hall–Kier alpha value is -2.19. The Balaban J connectivity index is 1.98. The number of rotatable bonds is 4. The summed E-state index contributed by atoms with van der Waals surface area (Å²) in [5, 5.41) is 6.22. The van der Waals surface area contributed by atoms with E-state index in [0.29, 0.717) is 17.8 Å². The second kappa shape index (κ2) is 7.57. The largest absolute Gasteiger partial charge is 0.220 e. The van der Waals surface area contributed by atoms with Crippen molar-refractivity contribution >= 4 is 32.2 Å². The molecule has 2 aromatic heterocycles. The smallest absolute Gasteiger partial charge is 0.198 e. The molecule has 0 unspecified atom stereocenters. The van der Waals surface area contributed by atoms with Crippen LogP contribution < -0.4 is 4.57 Å². The van der Waals surface area contributed by atoms with E-state index in [1.807, 2.05) is 11.3 Å². The van der Waals surface area contributed by atoms with Crippen LogP contribution in [0.4, 0.5) is 0 Å². The number of thiophene rings is 1. The van der Waals surface area contributed by atoms with Crippen molar-refractivity contribution in [3.8, 4) is 11.3 Å². The van der Waals surface area contributed by atoms with Crippen molar-refractivity contribution in [1.82, 2.24) is 0 Å². The molecule has 0 aliphatic heterocycles. The predicted molar refractivity (Wildman–Crippen MR) is 128 cm³/mol. The molecule has 0 radical (unpaired) electrons. The van der Waals surface area contributed by atoms with Crippen LogP contribution in [-0.2, 0) is 7.05 Å². The van der Waals surface area contributed by atoms with E-state index in [9.17, 15) is 0 Å². The topological polar surface area (TPSA) is 3.88 Å². The van der Waals surface area contributed by atoms with Gasteiger partial charge in [-0.15, -0.1) is 11.3 Å². The van der Waals surface area contributed by atoms with Crippen molar-refractivity contribution in [2.24, 2.45) is 18.9 Å². The Bertz CT molecular complexity index is 1190. The minimum Gasteiger partial charge on any atom is -0.198 e. The Morgan fingerprint density at radius 1 is 0.828 bits per heavy atom. The molecule has 0 spiro atoms. The molecule has 0 amide bonds. The van der Waals surface area contributed by atoms with Gasteiger partial charge in [-0.25, -0.2) is 0 Å². The lowest BCUT2D eigenvalue weighted by Gasteiger charge is -2.25. The fourth-order valence-electron chi connectivity index (χ4n) is 5.05. The van der Waals surface area contributed by atoms with Gasteiger partial charge in [-0.2, -0.15) is 4.57 Å². The van der Waals surface area contributed by atoms with Crippen molar-refractivity contribution in [1.29, 1.82) is 0 Å². The summed E-state index contributed by atoms with van der Waals surface area (Å²) in [6.07, 6.45) is 0. The number of benzene rings is 2. The first kappa shape index (κ1) is 20.1. The fourth-order valence-corrected chi connectivity index (χ4v) is 5.86. The van der Waals surface area contributed by atoms with E-state index >= 15 is 0 Å². The van der Waals surface area contributed by atoms with Crippen molar-refractivity contribution in [3.05, 3.63) is 64.7 Å². The van der Waals surface area contributed by atoms with E-state index in [4.69, 9.17) is 0 Å². The number of hydrogen-bond donors (Lipinski definition) is 0. The summed E-state index contributed by atoms with van der Waals surface area (Å²) < 4.78 is 3.71. The minimum absolute atomic E-state index is 0.585. The molecule has 4 rings (SSSR count). The highest BCUT2D eigenvalue weighted by atomic mass is 32.1. The molecule has 0 fully saturated rings. The van der Waals surface area contributed by atoms with Gasteiger partial charge in [0, 0.05) is 17.7 Å². The van der Waals surface area contributed by atoms with Gasteiger partial charge >= 0.3 is 0 Å². The van der Waals surface area contributed by atoms with Gasteiger partial charge in [0.25, 0.3) is 0 Å². The number of fused-ring (bicyclic) bond motifs is 2. The van der Waals surface area contributed by atoms with Crippen molar-refractivity contribution < 1.29 is 4.57 Å². The van der Waals surface area contributed by atoms with E-state index in [2.05, 4.69) is 101 Å². The van der Waals surface area contributed by atoms with Crippen LogP contribution in [0.15, 0.2) is 47.8 Å². The molecule has 1 nitrogen and oxygen atoms in total. The summed E-state index contributed by atoms with van der Waals surface area (Å²) in [7, 11) is 2.20. The molecule has 0 bridgehead atoms. The quantitative estimate of drug-likeness (QED) is 0.310. The van der Waals surface area contributed by atoms with Crippen molar-refractivity contribution in [3.63, 3.8) is 0 Å². The van der Waals surface area contributed by atoms with Crippen LogP contribution in [-0.4, -0.2) is 0 Å². The number of aromatic nitrogens is 1. The van der Waals surface area contributed by atoms with Crippen LogP contribution in [0.5, 0.6) is 0 Å². The van der Waals surface area contributed by atoms with Gasteiger partial charge in [-0.3, -0.25) is 0 Å². The summed E-state index contributed by atoms with van der Waals surface area (Å²) in [6.45, 7) is 13.8. The van der Waals surface area contributed by atoms with Gasteiger partial charge in [0.15, 0.2) is 5.69 Å². The molecule has 0 aliphatic rings. The summed E-state index contributed by atoms with van der Waals surface area (Å²) in [4.78, 5) is 0. The molecular formula is C27H32NS+. The van der Waals surface area contributed by atoms with Crippen molar-refractivity contribution in [2.75, 3.05) is 0 Å². The lowest BCUT2D eigenvalue weighted by Crippen LogP contribution is -2.35. The molecule has 2 heterocycles. The predicted octanol–water partition coefficient (Wildman–Crippen LogP) is 7.56. The standard InChI is InChI=1S/C27H32NS/c1-16(2)26(17(3)4)21-8-9-23-22(14-21)13-19(6)28(7)27(23)24-15-25-20(10-11-29-25)12-18(24)5/h8-17,26H,1-7H3/q+1. The average molecular weight is 403 g/mol. The van der Waals surface area contributed by atoms with E-state index in [1.165, 1.54) is 48.9 Å². The van der Waals surface area contributed by atoms with E-state index in [-0.39, 0.29) is 0 Å². The Morgan fingerprint density at radius 2 is 1.55 bits per heavy atom. The van der Waals surface area contributed by atoms with Crippen LogP contribution in [0.2, 0.25) is 0 Å². The maximum Gasteiger partial charge on any atom is 0.220 e. The van der Waals surface area contributed by atoms with Gasteiger partial charge in [-0.1, -0.05) is 39.8 Å². The first-order chi connectivity index (χ1) is 13.8. The third-order valence-electron chi connectivity index (χ3n) is 6.44. The first-order valence-electron chi connectivity index (χ1n) is 10.7. The fraction of sp³-hybridized carbons (Fsp3) is 0.370. The SMILES string of the molecule is Cc1cc2ccsc2cc1-c1c2ccc(C(C(C)C)C(C)C)cc2cc(C)[n+]1C. The maximum absolute atomic E-state index is 2.44. The molecule has 0 atom stereocenters. The highest BCUT2D eigenvalue weighted by molar-refractivity contribution is 7.17. The van der Waals surface area contributed by atoms with Crippen LogP contribution in [0.3, 0.4) is 0 Å². The van der Waals surface area contributed by atoms with Crippen molar-refractivity contribution in [2.45, 2.75) is 47.5 Å². The minimum atomic E-state index is 0.585. The highest BCUT2D eigenvalue weighted by Gasteiger charge is 2.23. The Labute approximate surface area is 179 Å². The van der Waals surface area contributed by atoms with Gasteiger partial charge in [0.1, 0.15) is 7.05 Å². The van der Waals surface area contributed by atoms with Gasteiger partial charge < -0.3 is 0 Å². The summed E-state index contributed by atoms with van der Waals surface area (Å²) in [5.74, 6) is 1.86. The van der Waals surface area contributed by atoms with Gasteiger partial charge in [0.2, 0.25) is 5.69 Å². The molecule has 29 heavy (non-hydrogen) atoms. The second-order valence-corrected chi connectivity index (χ2v) is 10.1. The van der Waals surface area contributed by atoms with Crippen LogP contribution >= 0.6 is 11.3 Å². The normalized spacial score (nSPS) is 12.2. The zero-order valence-electron chi connectivity index (χ0n) is 18.7. The second-order valence-electron chi connectivity index (χ2n) is 9.18. The molecule has 0 N–H and O–H groups in total. The zero-order chi connectivity index (χ0) is 20.9. The molecule has 0 aliphatic carbocycles. The molecule has 2 heteroatoms. The monoisotopic (exact) mass is 402 g/mol. The summed E-state index contributed by atoms with van der Waals surface area (Å²) in [6, 6.07) is 16.4. The number of hydrogen-bond acceptors (Lipinski definition) is 1. The third kappa shape index (κ3) is 3.48. The average Bonchev–Trinajstić information content (AvgIpc) is 3.09. The van der Waals surface area contributed by atoms with E-state index in [0.717, 1.165) is 0 Å². The molecule has 0 saturated carbocycles. The highest BCUT2D eigenvalue weighted by Crippen LogP contribution is 2.37. The first-order valence-corrected chi connectivity index (χ1v) is 11.6. The number of nitrogens with zero attached hydrogens (tertiary/aromatic N) is 1. The molecular weight excluding hydrogens is 370 g/mol. The molecule has 150 valence electrons. The van der Waals surface area contributed by atoms with Crippen LogP contribution in [0.25, 0.3) is 32.1 Å². The third-order valence-corrected chi connectivity index (χ3v) is 7.32. The van der Waals surface area contributed by atoms with Crippen LogP contribution in [0.1, 0.15) is 50.4 Å². The Kier molecular flexibility index (Phi) is 5.25. The number of aryl methyl sites for hydroxylation is 2. The maximum atomic E-state index is 2.44. The zero-order valence-corrected chi connectivity index (χ0v) is 19.5. The van der Waals surface area contributed by atoms with Crippen LogP contribution in [0, 0.1) is 25.7 Å². The Morgan fingerprint density at radius 3 is 2.24 bits per heavy atom. The van der Waals surface area contributed by atoms with E-state index < -0.39 is 0 Å². The lowest BCUT2D eigenvalue weighted by atomic mass is 9.79. The van der Waals surface area contributed by atoms with Gasteiger partial charge in [0.05, 0.1) is 10.9 Å². The van der Waals surface area contributed by atoms with E-state index in [1.54, 1.807) is 0 Å². The lowest BCUT2D eigenvalue weighted by molar-refractivity contribution is -0.665. The summed E-state index contributed by atoms with van der Waals surface area (Å²) in [5.41, 5.74) is 6.76. The number of pyridine rings is 1. The van der Waals surface area contributed by atoms with Gasteiger partial charge in [-0.05, 0) is 76.2 Å².